The van der Waals surface area contributed by atoms with Gasteiger partial charge in [0.1, 0.15) is 0 Å². The average molecular weight is 308 g/mol. The summed E-state index contributed by atoms with van der Waals surface area (Å²) in [6.45, 7) is 6.59. The number of hydrogen-bond donors (Lipinski definition) is 3. The molecule has 1 atom stereocenters. The molecule has 0 aliphatic rings. The smallest absolute Gasteiger partial charge is 0.339 e. The van der Waals surface area contributed by atoms with E-state index in [1.54, 1.807) is 0 Å². The Morgan fingerprint density at radius 2 is 1.55 bits per heavy atom. The Hall–Kier alpha value is -0.380. The first kappa shape index (κ1) is 19.6. The average Bonchev–Trinajstić information content (AvgIpc) is 2.37. The molecule has 120 valence electrons. The monoisotopic (exact) mass is 308 g/mol. The number of carbonyl (C=O) groups is 1. The fourth-order valence-electron chi connectivity index (χ4n) is 2.73. The quantitative estimate of drug-likeness (QED) is 0.399. The lowest BCUT2D eigenvalue weighted by Crippen LogP contribution is -2.20. The minimum absolute atomic E-state index is 0.0526. The Morgan fingerprint density at radius 1 is 1.05 bits per heavy atom. The molecule has 0 bridgehead atoms. The van der Waals surface area contributed by atoms with E-state index in [4.69, 9.17) is 14.9 Å². The van der Waals surface area contributed by atoms with Gasteiger partial charge in [-0.15, -0.1) is 0 Å². The van der Waals surface area contributed by atoms with E-state index >= 15 is 0 Å². The van der Waals surface area contributed by atoms with E-state index in [0.717, 1.165) is 38.5 Å². The second kappa shape index (κ2) is 8.81. The van der Waals surface area contributed by atoms with Crippen LogP contribution in [0.1, 0.15) is 72.1 Å². The zero-order chi connectivity index (χ0) is 15.8. The highest BCUT2D eigenvalue weighted by atomic mass is 31.2. The van der Waals surface area contributed by atoms with Crippen molar-refractivity contribution in [2.45, 2.75) is 77.8 Å². The highest BCUT2D eigenvalue weighted by molar-refractivity contribution is 7.53. The molecule has 3 N–H and O–H groups in total. The van der Waals surface area contributed by atoms with Crippen molar-refractivity contribution >= 4 is 13.6 Å². The van der Waals surface area contributed by atoms with Crippen molar-refractivity contribution < 1.29 is 24.3 Å². The molecule has 0 saturated heterocycles. The number of rotatable bonds is 11. The standard InChI is InChI=1S/C14H29O5P/c1-4-14(5-2,6-3)11-9-7-8-10-12(13(15)16)20(17,18)19/h12H,4-11H2,1-3H3,(H,15,16)(H2,17,18,19). The first-order chi connectivity index (χ1) is 9.22. The number of carboxylic acid groups (broad SMARTS) is 1. The normalized spacial score (nSPS) is 14.2. The van der Waals surface area contributed by atoms with Crippen LogP contribution in [0.4, 0.5) is 0 Å². The zero-order valence-corrected chi connectivity index (χ0v) is 13.7. The van der Waals surface area contributed by atoms with Gasteiger partial charge in [-0.2, -0.15) is 0 Å². The van der Waals surface area contributed by atoms with E-state index in [1.807, 2.05) is 0 Å². The summed E-state index contributed by atoms with van der Waals surface area (Å²) >= 11 is 0. The van der Waals surface area contributed by atoms with Crippen molar-refractivity contribution in [1.29, 1.82) is 0 Å². The SMILES string of the molecule is CCC(CC)(CC)CCCCCC(C(=O)O)P(=O)(O)O. The predicted molar refractivity (Wildman–Crippen MR) is 79.9 cm³/mol. The fourth-order valence-corrected chi connectivity index (χ4v) is 3.54. The van der Waals surface area contributed by atoms with E-state index in [2.05, 4.69) is 20.8 Å². The van der Waals surface area contributed by atoms with E-state index in [9.17, 15) is 9.36 Å². The molecule has 0 aromatic carbocycles. The fraction of sp³-hybridized carbons (Fsp3) is 0.929. The van der Waals surface area contributed by atoms with Crippen molar-refractivity contribution in [2.75, 3.05) is 0 Å². The van der Waals surface area contributed by atoms with Crippen LogP contribution >= 0.6 is 7.60 Å². The minimum Gasteiger partial charge on any atom is -0.481 e. The maximum atomic E-state index is 11.0. The molecule has 0 rings (SSSR count). The molecule has 6 heteroatoms. The van der Waals surface area contributed by atoms with Crippen molar-refractivity contribution in [3.05, 3.63) is 0 Å². The van der Waals surface area contributed by atoms with Crippen LogP contribution in [0.15, 0.2) is 0 Å². The maximum absolute atomic E-state index is 11.0. The van der Waals surface area contributed by atoms with Crippen LogP contribution in [0.3, 0.4) is 0 Å². The van der Waals surface area contributed by atoms with Gasteiger partial charge in [0.2, 0.25) is 0 Å². The number of aliphatic carboxylic acids is 1. The van der Waals surface area contributed by atoms with E-state index in [1.165, 1.54) is 0 Å². The molecule has 0 amide bonds. The lowest BCUT2D eigenvalue weighted by Gasteiger charge is -2.30. The van der Waals surface area contributed by atoms with Gasteiger partial charge in [0.15, 0.2) is 5.66 Å². The highest BCUT2D eigenvalue weighted by Gasteiger charge is 2.34. The molecule has 5 nitrogen and oxygen atoms in total. The summed E-state index contributed by atoms with van der Waals surface area (Å²) in [5.41, 5.74) is -1.18. The van der Waals surface area contributed by atoms with Crippen molar-refractivity contribution in [3.63, 3.8) is 0 Å². The third kappa shape index (κ3) is 6.38. The molecular weight excluding hydrogens is 279 g/mol. The lowest BCUT2D eigenvalue weighted by molar-refractivity contribution is -0.137. The molecule has 0 aromatic rings. The Labute approximate surface area is 121 Å². The van der Waals surface area contributed by atoms with Crippen LogP contribution in [0.5, 0.6) is 0 Å². The van der Waals surface area contributed by atoms with Crippen LogP contribution in [0, 0.1) is 5.41 Å². The third-order valence-corrected chi connectivity index (χ3v) is 5.92. The van der Waals surface area contributed by atoms with Gasteiger partial charge in [0.25, 0.3) is 0 Å². The van der Waals surface area contributed by atoms with Crippen LogP contribution < -0.4 is 0 Å². The van der Waals surface area contributed by atoms with E-state index in [0.29, 0.717) is 11.8 Å². The van der Waals surface area contributed by atoms with Crippen molar-refractivity contribution in [3.8, 4) is 0 Å². The van der Waals surface area contributed by atoms with Gasteiger partial charge in [-0.1, -0.05) is 59.3 Å². The topological polar surface area (TPSA) is 94.8 Å². The Bertz CT molecular complexity index is 324. The van der Waals surface area contributed by atoms with Gasteiger partial charge in [-0.25, -0.2) is 0 Å². The molecule has 0 saturated carbocycles. The number of unbranched alkanes of at least 4 members (excludes halogenated alkanes) is 2. The summed E-state index contributed by atoms with van der Waals surface area (Å²) in [7, 11) is -4.53. The zero-order valence-electron chi connectivity index (χ0n) is 12.8. The van der Waals surface area contributed by atoms with Gasteiger partial charge in [-0.05, 0) is 18.3 Å². The molecule has 0 aliphatic heterocycles. The van der Waals surface area contributed by atoms with Gasteiger partial charge >= 0.3 is 13.6 Å². The Kier molecular flexibility index (Phi) is 8.64. The second-order valence-electron chi connectivity index (χ2n) is 5.60. The third-order valence-electron chi connectivity index (χ3n) is 4.63. The summed E-state index contributed by atoms with van der Waals surface area (Å²) in [4.78, 5) is 28.8. The lowest BCUT2D eigenvalue weighted by atomic mass is 9.75. The summed E-state index contributed by atoms with van der Waals surface area (Å²) in [5.74, 6) is -1.40. The van der Waals surface area contributed by atoms with Crippen LogP contribution in [-0.4, -0.2) is 26.5 Å². The van der Waals surface area contributed by atoms with Crippen LogP contribution in [0.25, 0.3) is 0 Å². The first-order valence-electron chi connectivity index (χ1n) is 7.50. The second-order valence-corrected chi connectivity index (χ2v) is 7.40. The summed E-state index contributed by atoms with van der Waals surface area (Å²) in [6.07, 6.45) is 6.94. The number of hydrogen-bond acceptors (Lipinski definition) is 2. The molecule has 20 heavy (non-hydrogen) atoms. The molecule has 0 fully saturated rings. The van der Waals surface area contributed by atoms with Crippen LogP contribution in [0.2, 0.25) is 0 Å². The predicted octanol–water partition coefficient (Wildman–Crippen LogP) is 3.78. The molecule has 0 aromatic heterocycles. The maximum Gasteiger partial charge on any atom is 0.339 e. The molecule has 1 unspecified atom stereocenters. The summed E-state index contributed by atoms with van der Waals surface area (Å²) in [6, 6.07) is 0. The molecule has 0 radical (unpaired) electrons. The largest absolute Gasteiger partial charge is 0.481 e. The molecule has 0 spiro atoms. The highest BCUT2D eigenvalue weighted by Crippen LogP contribution is 2.44. The molecule has 0 heterocycles. The van der Waals surface area contributed by atoms with E-state index < -0.39 is 19.2 Å². The summed E-state index contributed by atoms with van der Waals surface area (Å²) in [5, 5.41) is 8.82. The Balaban J connectivity index is 4.14. The van der Waals surface area contributed by atoms with Crippen LogP contribution in [-0.2, 0) is 9.36 Å². The van der Waals surface area contributed by atoms with Gasteiger partial charge in [0, 0.05) is 0 Å². The summed E-state index contributed by atoms with van der Waals surface area (Å²) < 4.78 is 11.0. The van der Waals surface area contributed by atoms with Gasteiger partial charge < -0.3 is 14.9 Å². The van der Waals surface area contributed by atoms with Crippen molar-refractivity contribution in [2.24, 2.45) is 5.41 Å². The first-order valence-corrected chi connectivity index (χ1v) is 9.18. The van der Waals surface area contributed by atoms with Gasteiger partial charge in [-0.3, -0.25) is 9.36 Å². The minimum atomic E-state index is -4.53. The molecular formula is C14H29O5P. The van der Waals surface area contributed by atoms with E-state index in [-0.39, 0.29) is 6.42 Å². The molecule has 0 aliphatic carbocycles. The van der Waals surface area contributed by atoms with Gasteiger partial charge in [0.05, 0.1) is 0 Å². The Morgan fingerprint density at radius 3 is 1.90 bits per heavy atom. The number of carboxylic acids is 1. The van der Waals surface area contributed by atoms with Crippen molar-refractivity contribution in [1.82, 2.24) is 0 Å².